The van der Waals surface area contributed by atoms with Gasteiger partial charge in [-0.1, -0.05) is 60.7 Å². The van der Waals surface area contributed by atoms with Gasteiger partial charge in [0.2, 0.25) is 5.89 Å². The number of rotatable bonds is 5. The third-order valence-electron chi connectivity index (χ3n) is 5.25. The van der Waals surface area contributed by atoms with E-state index in [-0.39, 0.29) is 0 Å². The lowest BCUT2D eigenvalue weighted by molar-refractivity contribution is 0.305. The predicted molar refractivity (Wildman–Crippen MR) is 120 cm³/mol. The standard InChI is InChI=1S/C27H21NO2/c1-19-7-5-6-10-23(19)18-29-24-14-11-21(12-15-24)27-28-25-17-22(13-16-26(25)30-27)20-8-3-2-4-9-20/h2-17H,18H2,1H3. The lowest BCUT2D eigenvalue weighted by Crippen LogP contribution is -1.97. The van der Waals surface area contributed by atoms with Crippen molar-refractivity contribution in [1.82, 2.24) is 4.98 Å². The molecule has 1 heterocycles. The van der Waals surface area contributed by atoms with Crippen LogP contribution in [-0.4, -0.2) is 4.98 Å². The van der Waals surface area contributed by atoms with Gasteiger partial charge in [0.1, 0.15) is 17.9 Å². The maximum atomic E-state index is 5.98. The minimum absolute atomic E-state index is 0.553. The van der Waals surface area contributed by atoms with E-state index in [0.717, 1.165) is 28.0 Å². The van der Waals surface area contributed by atoms with Crippen LogP contribution in [0.15, 0.2) is 101 Å². The number of hydrogen-bond donors (Lipinski definition) is 0. The minimum atomic E-state index is 0.553. The van der Waals surface area contributed by atoms with Crippen LogP contribution in [0.25, 0.3) is 33.7 Å². The van der Waals surface area contributed by atoms with Crippen molar-refractivity contribution in [2.45, 2.75) is 13.5 Å². The number of fused-ring (bicyclic) bond motifs is 1. The topological polar surface area (TPSA) is 35.3 Å². The molecule has 5 aromatic rings. The number of oxazole rings is 1. The monoisotopic (exact) mass is 391 g/mol. The van der Waals surface area contributed by atoms with Crippen molar-refractivity contribution in [3.63, 3.8) is 0 Å². The van der Waals surface area contributed by atoms with Crippen LogP contribution in [0, 0.1) is 6.92 Å². The van der Waals surface area contributed by atoms with Gasteiger partial charge in [-0.2, -0.15) is 0 Å². The summed E-state index contributed by atoms with van der Waals surface area (Å²) in [6, 6.07) is 32.5. The summed E-state index contributed by atoms with van der Waals surface area (Å²) < 4.78 is 11.9. The van der Waals surface area contributed by atoms with E-state index < -0.39 is 0 Å². The van der Waals surface area contributed by atoms with E-state index in [2.05, 4.69) is 43.3 Å². The zero-order chi connectivity index (χ0) is 20.3. The molecule has 0 amide bonds. The number of nitrogens with zero attached hydrogens (tertiary/aromatic N) is 1. The van der Waals surface area contributed by atoms with Crippen LogP contribution in [0.2, 0.25) is 0 Å². The predicted octanol–water partition coefficient (Wildman–Crippen LogP) is 7.05. The van der Waals surface area contributed by atoms with Crippen LogP contribution in [0.5, 0.6) is 5.75 Å². The maximum Gasteiger partial charge on any atom is 0.227 e. The van der Waals surface area contributed by atoms with Crippen molar-refractivity contribution < 1.29 is 9.15 Å². The third kappa shape index (κ3) is 3.70. The molecule has 0 unspecified atom stereocenters. The fourth-order valence-corrected chi connectivity index (χ4v) is 3.49. The highest BCUT2D eigenvalue weighted by atomic mass is 16.5. The van der Waals surface area contributed by atoms with Crippen LogP contribution in [-0.2, 0) is 6.61 Å². The van der Waals surface area contributed by atoms with Crippen LogP contribution >= 0.6 is 0 Å². The third-order valence-corrected chi connectivity index (χ3v) is 5.25. The Morgan fingerprint density at radius 3 is 2.27 bits per heavy atom. The average Bonchev–Trinajstić information content (AvgIpc) is 3.23. The zero-order valence-electron chi connectivity index (χ0n) is 16.7. The Balaban J connectivity index is 1.35. The molecule has 0 aliphatic carbocycles. The van der Waals surface area contributed by atoms with E-state index in [9.17, 15) is 0 Å². The van der Waals surface area contributed by atoms with Gasteiger partial charge in [0.05, 0.1) is 0 Å². The van der Waals surface area contributed by atoms with Gasteiger partial charge in [-0.3, -0.25) is 0 Å². The first-order valence-electron chi connectivity index (χ1n) is 10.00. The zero-order valence-corrected chi connectivity index (χ0v) is 16.7. The molecule has 0 fully saturated rings. The SMILES string of the molecule is Cc1ccccc1COc1ccc(-c2nc3cc(-c4ccccc4)ccc3o2)cc1. The first-order chi connectivity index (χ1) is 14.8. The maximum absolute atomic E-state index is 5.98. The molecule has 4 aromatic carbocycles. The lowest BCUT2D eigenvalue weighted by atomic mass is 10.1. The highest BCUT2D eigenvalue weighted by Crippen LogP contribution is 2.29. The Morgan fingerprint density at radius 1 is 0.733 bits per heavy atom. The molecule has 0 saturated heterocycles. The molecule has 3 heteroatoms. The van der Waals surface area contributed by atoms with Crippen molar-refractivity contribution in [3.8, 4) is 28.3 Å². The van der Waals surface area contributed by atoms with Gasteiger partial charge >= 0.3 is 0 Å². The summed E-state index contributed by atoms with van der Waals surface area (Å²) in [6.07, 6.45) is 0. The Kier molecular flexibility index (Phi) is 4.78. The first-order valence-corrected chi connectivity index (χ1v) is 10.00. The second-order valence-corrected chi connectivity index (χ2v) is 7.31. The van der Waals surface area contributed by atoms with Gasteiger partial charge in [0.15, 0.2) is 5.58 Å². The van der Waals surface area contributed by atoms with Crippen molar-refractivity contribution in [2.75, 3.05) is 0 Å². The molecule has 0 radical (unpaired) electrons. The number of aromatic nitrogens is 1. The molecule has 0 spiro atoms. The van der Waals surface area contributed by atoms with Gasteiger partial charge in [0.25, 0.3) is 0 Å². The van der Waals surface area contributed by atoms with E-state index >= 15 is 0 Å². The normalized spacial score (nSPS) is 11.0. The smallest absolute Gasteiger partial charge is 0.227 e. The van der Waals surface area contributed by atoms with Gasteiger partial charge in [-0.05, 0) is 65.6 Å². The number of ether oxygens (including phenoxy) is 1. The van der Waals surface area contributed by atoms with Crippen molar-refractivity contribution >= 4 is 11.1 Å². The Labute approximate surface area is 175 Å². The summed E-state index contributed by atoms with van der Waals surface area (Å²) in [4.78, 5) is 4.70. The van der Waals surface area contributed by atoms with Gasteiger partial charge in [0, 0.05) is 5.56 Å². The quantitative estimate of drug-likeness (QED) is 0.322. The van der Waals surface area contributed by atoms with Crippen LogP contribution in [0.1, 0.15) is 11.1 Å². The molecule has 30 heavy (non-hydrogen) atoms. The van der Waals surface area contributed by atoms with Crippen LogP contribution < -0.4 is 4.74 Å². The molecule has 1 aromatic heterocycles. The van der Waals surface area contributed by atoms with Crippen molar-refractivity contribution in [2.24, 2.45) is 0 Å². The molecule has 5 rings (SSSR count). The van der Waals surface area contributed by atoms with Gasteiger partial charge < -0.3 is 9.15 Å². The van der Waals surface area contributed by atoms with E-state index in [0.29, 0.717) is 12.5 Å². The molecular weight excluding hydrogens is 370 g/mol. The number of aryl methyl sites for hydroxylation is 1. The number of hydrogen-bond acceptors (Lipinski definition) is 3. The molecular formula is C27H21NO2. The molecule has 3 nitrogen and oxygen atoms in total. The lowest BCUT2D eigenvalue weighted by Gasteiger charge is -2.08. The molecule has 0 bridgehead atoms. The van der Waals surface area contributed by atoms with Crippen LogP contribution in [0.3, 0.4) is 0 Å². The number of benzene rings is 4. The second kappa shape index (κ2) is 7.88. The molecule has 0 N–H and O–H groups in total. The highest BCUT2D eigenvalue weighted by Gasteiger charge is 2.10. The van der Waals surface area contributed by atoms with Gasteiger partial charge in [-0.15, -0.1) is 0 Å². The molecule has 146 valence electrons. The first kappa shape index (κ1) is 18.2. The largest absolute Gasteiger partial charge is 0.489 e. The van der Waals surface area contributed by atoms with Crippen LogP contribution in [0.4, 0.5) is 0 Å². The van der Waals surface area contributed by atoms with E-state index in [1.807, 2.05) is 60.7 Å². The average molecular weight is 391 g/mol. The summed E-state index contributed by atoms with van der Waals surface area (Å²) in [7, 11) is 0. The summed E-state index contributed by atoms with van der Waals surface area (Å²) in [6.45, 7) is 2.65. The van der Waals surface area contributed by atoms with E-state index in [4.69, 9.17) is 14.1 Å². The second-order valence-electron chi connectivity index (χ2n) is 7.31. The van der Waals surface area contributed by atoms with E-state index in [1.54, 1.807) is 0 Å². The molecule has 0 aliphatic rings. The summed E-state index contributed by atoms with van der Waals surface area (Å²) >= 11 is 0. The highest BCUT2D eigenvalue weighted by molar-refractivity contribution is 5.82. The molecule has 0 saturated carbocycles. The Morgan fingerprint density at radius 2 is 1.47 bits per heavy atom. The molecule has 0 aliphatic heterocycles. The summed E-state index contributed by atoms with van der Waals surface area (Å²) in [5, 5.41) is 0. The van der Waals surface area contributed by atoms with Crippen molar-refractivity contribution in [1.29, 1.82) is 0 Å². The summed E-state index contributed by atoms with van der Waals surface area (Å²) in [5.74, 6) is 1.44. The van der Waals surface area contributed by atoms with Crippen molar-refractivity contribution in [3.05, 3.63) is 108 Å². The van der Waals surface area contributed by atoms with E-state index in [1.165, 1.54) is 16.7 Å². The summed E-state index contributed by atoms with van der Waals surface area (Å²) in [5.41, 5.74) is 7.28. The fraction of sp³-hybridized carbons (Fsp3) is 0.0741. The Bertz CT molecular complexity index is 1290. The fourth-order valence-electron chi connectivity index (χ4n) is 3.49. The minimum Gasteiger partial charge on any atom is -0.489 e. The molecule has 0 atom stereocenters. The Hall–Kier alpha value is -3.85. The van der Waals surface area contributed by atoms with Gasteiger partial charge in [-0.25, -0.2) is 4.98 Å².